The summed E-state index contributed by atoms with van der Waals surface area (Å²) in [6.07, 6.45) is 0. The molecule has 1 atom stereocenters. The molecule has 2 aliphatic rings. The number of amidine groups is 1. The minimum absolute atomic E-state index is 0.202. The van der Waals surface area contributed by atoms with E-state index < -0.39 is 0 Å². The van der Waals surface area contributed by atoms with Crippen LogP contribution in [0, 0.1) is 0 Å². The minimum atomic E-state index is 0.202. The van der Waals surface area contributed by atoms with E-state index in [0.717, 1.165) is 17.2 Å². The van der Waals surface area contributed by atoms with Gasteiger partial charge in [0.1, 0.15) is 5.84 Å². The monoisotopic (exact) mass is 371 g/mol. The second-order valence-corrected chi connectivity index (χ2v) is 7.73. The second kappa shape index (κ2) is 5.36. The molecule has 5 aromatic rings. The average Bonchev–Trinajstić information content (AvgIpc) is 3.41. The number of para-hydroxylation sites is 3. The molecule has 7 rings (SSSR count). The first-order valence-corrected chi connectivity index (χ1v) is 9.96. The van der Waals surface area contributed by atoms with Crippen LogP contribution in [-0.4, -0.2) is 10.4 Å². The van der Waals surface area contributed by atoms with Crippen LogP contribution in [0.25, 0.3) is 27.5 Å². The van der Waals surface area contributed by atoms with Crippen molar-refractivity contribution in [1.82, 2.24) is 4.57 Å². The van der Waals surface area contributed by atoms with Gasteiger partial charge in [-0.2, -0.15) is 0 Å². The Morgan fingerprint density at radius 3 is 2.41 bits per heavy atom. The van der Waals surface area contributed by atoms with E-state index in [1.807, 2.05) is 0 Å². The molecule has 0 fully saturated rings. The van der Waals surface area contributed by atoms with Gasteiger partial charge in [-0.25, -0.2) is 4.99 Å². The third-order valence-corrected chi connectivity index (χ3v) is 6.21. The molecule has 0 radical (unpaired) electrons. The zero-order chi connectivity index (χ0) is 18.9. The highest BCUT2D eigenvalue weighted by molar-refractivity contribution is 6.19. The Kier molecular flexibility index (Phi) is 2.79. The summed E-state index contributed by atoms with van der Waals surface area (Å²) in [5.41, 5.74) is 8.42. The molecular formula is C26H17N3. The van der Waals surface area contributed by atoms with Gasteiger partial charge >= 0.3 is 0 Å². The fourth-order valence-electron chi connectivity index (χ4n) is 5.00. The topological polar surface area (TPSA) is 29.3 Å². The Morgan fingerprint density at radius 1 is 0.690 bits per heavy atom. The number of anilines is 1. The predicted octanol–water partition coefficient (Wildman–Crippen LogP) is 6.38. The number of aliphatic imine (C=N–C) groups is 1. The van der Waals surface area contributed by atoms with Crippen molar-refractivity contribution in [2.45, 2.75) is 5.92 Å². The summed E-state index contributed by atoms with van der Waals surface area (Å²) in [6.45, 7) is 0. The van der Waals surface area contributed by atoms with E-state index in [-0.39, 0.29) is 5.92 Å². The lowest BCUT2D eigenvalue weighted by molar-refractivity contribution is 1.14. The van der Waals surface area contributed by atoms with Gasteiger partial charge in [-0.1, -0.05) is 66.7 Å². The van der Waals surface area contributed by atoms with Crippen LogP contribution < -0.4 is 5.32 Å². The van der Waals surface area contributed by atoms with Crippen molar-refractivity contribution in [1.29, 1.82) is 0 Å². The SMILES string of the molecule is c1ccc(-n2c3ccccc3c3ccc4c(c32)N=C2Nc3ccccc3C24)cc1. The van der Waals surface area contributed by atoms with Gasteiger partial charge in [0, 0.05) is 22.1 Å². The fraction of sp³-hybridized carbons (Fsp3) is 0.0385. The van der Waals surface area contributed by atoms with Crippen LogP contribution in [0.1, 0.15) is 17.0 Å². The number of nitrogens with zero attached hydrogens (tertiary/aromatic N) is 2. The number of nitrogens with one attached hydrogen (secondary N) is 1. The molecule has 0 saturated carbocycles. The standard InChI is InChI=1S/C26H17N3/c1-2-8-16(9-3-1)29-22-13-7-5-10-17(22)18-14-15-20-23-19-11-4-6-12-21(19)27-26(23)28-24(20)25(18)29/h1-15,23H,(H,27,28). The Balaban J connectivity index is 1.61. The van der Waals surface area contributed by atoms with Crippen molar-refractivity contribution in [2.75, 3.05) is 5.32 Å². The maximum absolute atomic E-state index is 5.12. The molecule has 4 aromatic carbocycles. The van der Waals surface area contributed by atoms with E-state index in [9.17, 15) is 0 Å². The lowest BCUT2D eigenvalue weighted by Crippen LogP contribution is -2.08. The number of benzene rings is 4. The summed E-state index contributed by atoms with van der Waals surface area (Å²) >= 11 is 0. The van der Waals surface area contributed by atoms with E-state index in [1.54, 1.807) is 0 Å². The number of aromatic nitrogens is 1. The van der Waals surface area contributed by atoms with Crippen LogP contribution in [0.3, 0.4) is 0 Å². The number of fused-ring (bicyclic) bond motifs is 9. The molecule has 0 aliphatic carbocycles. The molecule has 0 spiro atoms. The number of hydrogen-bond donors (Lipinski definition) is 1. The van der Waals surface area contributed by atoms with Crippen molar-refractivity contribution >= 4 is 39.0 Å². The Labute approximate surface area is 167 Å². The zero-order valence-electron chi connectivity index (χ0n) is 15.6. The van der Waals surface area contributed by atoms with Crippen LogP contribution in [0.2, 0.25) is 0 Å². The maximum Gasteiger partial charge on any atom is 0.119 e. The summed E-state index contributed by atoms with van der Waals surface area (Å²) in [7, 11) is 0. The molecular weight excluding hydrogens is 354 g/mol. The first kappa shape index (κ1) is 15.1. The highest BCUT2D eigenvalue weighted by Crippen LogP contribution is 2.50. The summed E-state index contributed by atoms with van der Waals surface area (Å²) in [4.78, 5) is 5.12. The van der Waals surface area contributed by atoms with Gasteiger partial charge < -0.3 is 9.88 Å². The van der Waals surface area contributed by atoms with Gasteiger partial charge in [0.25, 0.3) is 0 Å². The van der Waals surface area contributed by atoms with Gasteiger partial charge in [0.15, 0.2) is 0 Å². The number of rotatable bonds is 1. The molecule has 29 heavy (non-hydrogen) atoms. The van der Waals surface area contributed by atoms with Crippen LogP contribution in [0.5, 0.6) is 0 Å². The molecule has 2 aliphatic heterocycles. The van der Waals surface area contributed by atoms with E-state index in [0.29, 0.717) is 0 Å². The Morgan fingerprint density at radius 2 is 1.48 bits per heavy atom. The minimum Gasteiger partial charge on any atom is -0.343 e. The van der Waals surface area contributed by atoms with Crippen molar-refractivity contribution < 1.29 is 0 Å². The van der Waals surface area contributed by atoms with Crippen molar-refractivity contribution in [3.63, 3.8) is 0 Å². The average molecular weight is 371 g/mol. The predicted molar refractivity (Wildman–Crippen MR) is 120 cm³/mol. The third-order valence-electron chi connectivity index (χ3n) is 6.21. The Hall–Kier alpha value is -3.85. The van der Waals surface area contributed by atoms with Gasteiger partial charge in [0.2, 0.25) is 0 Å². The van der Waals surface area contributed by atoms with Crippen LogP contribution in [-0.2, 0) is 0 Å². The second-order valence-electron chi connectivity index (χ2n) is 7.73. The molecule has 0 bridgehead atoms. The highest BCUT2D eigenvalue weighted by Gasteiger charge is 2.37. The first-order chi connectivity index (χ1) is 14.4. The smallest absolute Gasteiger partial charge is 0.119 e. The lowest BCUT2D eigenvalue weighted by atomic mass is 9.92. The molecule has 3 heterocycles. The van der Waals surface area contributed by atoms with E-state index >= 15 is 0 Å². The van der Waals surface area contributed by atoms with Crippen molar-refractivity contribution in [3.05, 3.63) is 102 Å². The summed E-state index contributed by atoms with van der Waals surface area (Å²) in [6, 6.07) is 32.3. The third kappa shape index (κ3) is 1.89. The largest absolute Gasteiger partial charge is 0.343 e. The lowest BCUT2D eigenvalue weighted by Gasteiger charge is -2.11. The normalized spacial score (nSPS) is 16.4. The van der Waals surface area contributed by atoms with E-state index in [1.165, 1.54) is 38.6 Å². The quantitative estimate of drug-likeness (QED) is 0.364. The van der Waals surface area contributed by atoms with Crippen molar-refractivity contribution in [2.24, 2.45) is 4.99 Å². The molecule has 3 nitrogen and oxygen atoms in total. The molecule has 136 valence electrons. The van der Waals surface area contributed by atoms with Crippen molar-refractivity contribution in [3.8, 4) is 5.69 Å². The molecule has 1 aromatic heterocycles. The van der Waals surface area contributed by atoms with Crippen LogP contribution in [0.4, 0.5) is 11.4 Å². The van der Waals surface area contributed by atoms with E-state index in [2.05, 4.69) is 101 Å². The maximum atomic E-state index is 5.12. The highest BCUT2D eigenvalue weighted by atomic mass is 15.1. The van der Waals surface area contributed by atoms with Crippen LogP contribution in [0.15, 0.2) is 96.0 Å². The Bertz CT molecular complexity index is 1470. The number of hydrogen-bond acceptors (Lipinski definition) is 2. The zero-order valence-corrected chi connectivity index (χ0v) is 15.6. The summed E-state index contributed by atoms with van der Waals surface area (Å²) < 4.78 is 2.36. The van der Waals surface area contributed by atoms with E-state index in [4.69, 9.17) is 4.99 Å². The van der Waals surface area contributed by atoms with Gasteiger partial charge in [-0.3, -0.25) is 0 Å². The van der Waals surface area contributed by atoms with Gasteiger partial charge in [0.05, 0.1) is 22.6 Å². The molecule has 0 amide bonds. The summed E-state index contributed by atoms with van der Waals surface area (Å²) in [5, 5.41) is 6.06. The molecule has 0 saturated heterocycles. The summed E-state index contributed by atoms with van der Waals surface area (Å²) in [5.74, 6) is 1.24. The van der Waals surface area contributed by atoms with Gasteiger partial charge in [-0.15, -0.1) is 0 Å². The van der Waals surface area contributed by atoms with Gasteiger partial charge in [-0.05, 0) is 35.4 Å². The molecule has 3 heteroatoms. The fourth-order valence-corrected chi connectivity index (χ4v) is 5.00. The van der Waals surface area contributed by atoms with Crippen LogP contribution >= 0.6 is 0 Å². The molecule has 1 N–H and O–H groups in total. The first-order valence-electron chi connectivity index (χ1n) is 9.96. The molecule has 1 unspecified atom stereocenters.